The molecule has 1 aliphatic rings. The predicted octanol–water partition coefficient (Wildman–Crippen LogP) is 1.68. The lowest BCUT2D eigenvalue weighted by atomic mass is 10.2. The molecular weight excluding hydrogens is 427 g/mol. The summed E-state index contributed by atoms with van der Waals surface area (Å²) in [5.74, 6) is 0.968. The molecule has 1 N–H and O–H groups in total. The molecule has 1 aromatic heterocycles. The van der Waals surface area contributed by atoms with Crippen molar-refractivity contribution in [1.82, 2.24) is 24.6 Å². The third kappa shape index (κ3) is 7.53. The minimum absolute atomic E-state index is 0. The highest BCUT2D eigenvalue weighted by molar-refractivity contribution is 14.0. The van der Waals surface area contributed by atoms with Crippen molar-refractivity contribution in [3.05, 3.63) is 24.0 Å². The summed E-state index contributed by atoms with van der Waals surface area (Å²) >= 11 is 0. The van der Waals surface area contributed by atoms with E-state index in [4.69, 9.17) is 0 Å². The zero-order valence-corrected chi connectivity index (χ0v) is 18.6. The van der Waals surface area contributed by atoms with Gasteiger partial charge in [0.25, 0.3) is 0 Å². The number of unbranched alkanes of at least 4 members (excludes halogenated alkanes) is 1. The molecular formula is C18H35IN6. The van der Waals surface area contributed by atoms with Crippen molar-refractivity contribution in [2.75, 3.05) is 60.4 Å². The van der Waals surface area contributed by atoms with Gasteiger partial charge in [-0.25, -0.2) is 0 Å². The van der Waals surface area contributed by atoms with Gasteiger partial charge in [-0.1, -0.05) is 0 Å². The van der Waals surface area contributed by atoms with E-state index >= 15 is 0 Å². The molecule has 0 amide bonds. The minimum atomic E-state index is 0. The van der Waals surface area contributed by atoms with Crippen molar-refractivity contribution in [3.8, 4) is 0 Å². The van der Waals surface area contributed by atoms with Crippen LogP contribution < -0.4 is 5.32 Å². The normalized spacial score (nSPS) is 16.6. The first kappa shape index (κ1) is 22.2. The summed E-state index contributed by atoms with van der Waals surface area (Å²) in [7, 11) is 8.23. The van der Waals surface area contributed by atoms with Crippen molar-refractivity contribution in [2.24, 2.45) is 12.0 Å². The smallest absolute Gasteiger partial charge is 0.193 e. The number of nitrogens with zero attached hydrogens (tertiary/aromatic N) is 5. The van der Waals surface area contributed by atoms with E-state index in [1.165, 1.54) is 51.3 Å². The Morgan fingerprint density at radius 1 is 1.20 bits per heavy atom. The molecule has 0 bridgehead atoms. The SMILES string of the molecule is CN=C(NCCCCN1CCN(C)CC1)N(C)Cc1cccn1C.I. The first-order valence-electron chi connectivity index (χ1n) is 9.03. The van der Waals surface area contributed by atoms with Crippen LogP contribution in [0.3, 0.4) is 0 Å². The summed E-state index contributed by atoms with van der Waals surface area (Å²) < 4.78 is 2.15. The fourth-order valence-corrected chi connectivity index (χ4v) is 3.10. The summed E-state index contributed by atoms with van der Waals surface area (Å²) in [5.41, 5.74) is 1.29. The fraction of sp³-hybridized carbons (Fsp3) is 0.722. The van der Waals surface area contributed by atoms with Gasteiger partial charge in [-0.15, -0.1) is 24.0 Å². The quantitative estimate of drug-likeness (QED) is 0.290. The van der Waals surface area contributed by atoms with E-state index < -0.39 is 0 Å². The Morgan fingerprint density at radius 2 is 1.92 bits per heavy atom. The van der Waals surface area contributed by atoms with Crippen LogP contribution in [-0.4, -0.2) is 85.6 Å². The van der Waals surface area contributed by atoms with Crippen LogP contribution in [0.5, 0.6) is 0 Å². The van der Waals surface area contributed by atoms with Crippen LogP contribution in [0.2, 0.25) is 0 Å². The van der Waals surface area contributed by atoms with Gasteiger partial charge in [-0.05, 0) is 38.6 Å². The van der Waals surface area contributed by atoms with E-state index in [1.807, 2.05) is 7.05 Å². The van der Waals surface area contributed by atoms with Gasteiger partial charge < -0.3 is 24.6 Å². The van der Waals surface area contributed by atoms with E-state index in [-0.39, 0.29) is 24.0 Å². The maximum absolute atomic E-state index is 4.40. The Hall–Kier alpha value is -0.800. The number of aryl methyl sites for hydroxylation is 1. The lowest BCUT2D eigenvalue weighted by molar-refractivity contribution is 0.152. The van der Waals surface area contributed by atoms with Gasteiger partial charge in [0, 0.05) is 65.8 Å². The highest BCUT2D eigenvalue weighted by Gasteiger charge is 2.13. The van der Waals surface area contributed by atoms with E-state index in [0.717, 1.165) is 19.0 Å². The van der Waals surface area contributed by atoms with Crippen LogP contribution in [0, 0.1) is 0 Å². The summed E-state index contributed by atoms with van der Waals surface area (Å²) in [6.07, 6.45) is 4.51. The molecule has 7 heteroatoms. The standard InChI is InChI=1S/C18H34N6.HI/c1-19-18(23(4)16-17-8-7-10-22(17)3)20-9-5-6-11-24-14-12-21(2)13-15-24;/h7-8,10H,5-6,9,11-16H2,1-4H3,(H,19,20);1H. The van der Waals surface area contributed by atoms with Crippen LogP contribution in [0.15, 0.2) is 23.3 Å². The zero-order valence-electron chi connectivity index (χ0n) is 16.2. The van der Waals surface area contributed by atoms with Gasteiger partial charge in [-0.2, -0.15) is 0 Å². The molecule has 1 aliphatic heterocycles. The number of hydrogen-bond acceptors (Lipinski definition) is 3. The monoisotopic (exact) mass is 462 g/mol. The molecule has 1 aromatic rings. The van der Waals surface area contributed by atoms with Crippen molar-refractivity contribution in [2.45, 2.75) is 19.4 Å². The Balaban J connectivity index is 0.00000312. The van der Waals surface area contributed by atoms with Gasteiger partial charge >= 0.3 is 0 Å². The van der Waals surface area contributed by atoms with E-state index in [0.29, 0.717) is 0 Å². The number of likely N-dealkylation sites (N-methyl/N-ethyl adjacent to an activating group) is 1. The molecule has 6 nitrogen and oxygen atoms in total. The average molecular weight is 462 g/mol. The topological polar surface area (TPSA) is 39.0 Å². The second kappa shape index (κ2) is 11.7. The molecule has 0 radical (unpaired) electrons. The molecule has 0 unspecified atom stereocenters. The van der Waals surface area contributed by atoms with Crippen molar-refractivity contribution < 1.29 is 0 Å². The maximum atomic E-state index is 4.40. The van der Waals surface area contributed by atoms with E-state index in [9.17, 15) is 0 Å². The number of aliphatic imine (C=N–C) groups is 1. The molecule has 0 saturated carbocycles. The Morgan fingerprint density at radius 3 is 2.52 bits per heavy atom. The third-order valence-electron chi connectivity index (χ3n) is 4.80. The van der Waals surface area contributed by atoms with Gasteiger partial charge in [0.1, 0.15) is 0 Å². The van der Waals surface area contributed by atoms with Crippen LogP contribution in [-0.2, 0) is 13.6 Å². The predicted molar refractivity (Wildman–Crippen MR) is 117 cm³/mol. The van der Waals surface area contributed by atoms with Crippen molar-refractivity contribution in [3.63, 3.8) is 0 Å². The fourth-order valence-electron chi connectivity index (χ4n) is 3.10. The first-order chi connectivity index (χ1) is 11.6. The van der Waals surface area contributed by atoms with Crippen LogP contribution in [0.25, 0.3) is 0 Å². The lowest BCUT2D eigenvalue weighted by Gasteiger charge is -2.32. The van der Waals surface area contributed by atoms with Crippen LogP contribution in [0.1, 0.15) is 18.5 Å². The number of rotatable bonds is 7. The lowest BCUT2D eigenvalue weighted by Crippen LogP contribution is -2.44. The number of nitrogens with one attached hydrogen (secondary N) is 1. The largest absolute Gasteiger partial charge is 0.356 e. The van der Waals surface area contributed by atoms with E-state index in [2.05, 4.69) is 69.0 Å². The molecule has 25 heavy (non-hydrogen) atoms. The minimum Gasteiger partial charge on any atom is -0.356 e. The molecule has 2 heterocycles. The van der Waals surface area contributed by atoms with Crippen LogP contribution >= 0.6 is 24.0 Å². The van der Waals surface area contributed by atoms with Crippen molar-refractivity contribution in [1.29, 1.82) is 0 Å². The molecule has 0 atom stereocenters. The molecule has 0 spiro atoms. The number of aromatic nitrogens is 1. The second-order valence-electron chi connectivity index (χ2n) is 6.79. The highest BCUT2D eigenvalue weighted by Crippen LogP contribution is 2.04. The first-order valence-corrected chi connectivity index (χ1v) is 9.03. The Kier molecular flexibility index (Phi) is 10.4. The van der Waals surface area contributed by atoms with Crippen molar-refractivity contribution >= 4 is 29.9 Å². The van der Waals surface area contributed by atoms with E-state index in [1.54, 1.807) is 0 Å². The molecule has 1 saturated heterocycles. The van der Waals surface area contributed by atoms with Gasteiger partial charge in [0.2, 0.25) is 0 Å². The Labute approximate surface area is 170 Å². The summed E-state index contributed by atoms with van der Waals surface area (Å²) in [6.45, 7) is 7.90. The number of hydrogen-bond donors (Lipinski definition) is 1. The second-order valence-corrected chi connectivity index (χ2v) is 6.79. The average Bonchev–Trinajstić information content (AvgIpc) is 2.97. The van der Waals surface area contributed by atoms with Gasteiger partial charge in [0.15, 0.2) is 5.96 Å². The Bertz CT molecular complexity index is 507. The molecule has 1 fully saturated rings. The van der Waals surface area contributed by atoms with Crippen LogP contribution in [0.4, 0.5) is 0 Å². The highest BCUT2D eigenvalue weighted by atomic mass is 127. The number of piperazine rings is 1. The molecule has 144 valence electrons. The third-order valence-corrected chi connectivity index (χ3v) is 4.80. The number of guanidine groups is 1. The summed E-state index contributed by atoms with van der Waals surface area (Å²) in [4.78, 5) is 11.6. The summed E-state index contributed by atoms with van der Waals surface area (Å²) in [6, 6.07) is 4.23. The maximum Gasteiger partial charge on any atom is 0.193 e. The molecule has 0 aliphatic carbocycles. The van der Waals surface area contributed by atoms with Gasteiger partial charge in [-0.3, -0.25) is 4.99 Å². The number of halogens is 1. The van der Waals surface area contributed by atoms with Gasteiger partial charge in [0.05, 0.1) is 6.54 Å². The zero-order chi connectivity index (χ0) is 17.4. The molecule has 2 rings (SSSR count). The summed E-state index contributed by atoms with van der Waals surface area (Å²) in [5, 5.41) is 3.49. The molecule has 0 aromatic carbocycles.